The maximum atomic E-state index is 11.1. The van der Waals surface area contributed by atoms with Crippen molar-refractivity contribution in [2.24, 2.45) is 0 Å². The van der Waals surface area contributed by atoms with E-state index in [1.165, 1.54) is 6.08 Å². The first-order valence-electron chi connectivity index (χ1n) is 5.27. The van der Waals surface area contributed by atoms with E-state index in [-0.39, 0.29) is 12.1 Å². The van der Waals surface area contributed by atoms with Crippen LogP contribution in [0.5, 0.6) is 0 Å². The minimum absolute atomic E-state index is 0.0913. The van der Waals surface area contributed by atoms with Crippen molar-refractivity contribution in [3.8, 4) is 0 Å². The Morgan fingerprint density at radius 2 is 2.14 bits per heavy atom. The molecule has 0 aliphatic carbocycles. The van der Waals surface area contributed by atoms with E-state index in [1.807, 2.05) is 6.92 Å². The molecule has 82 valence electrons. The molecule has 14 heavy (non-hydrogen) atoms. The van der Waals surface area contributed by atoms with Gasteiger partial charge in [0.1, 0.15) is 0 Å². The Kier molecular flexibility index (Phi) is 5.46. The van der Waals surface area contributed by atoms with Gasteiger partial charge >= 0.3 is 0 Å². The van der Waals surface area contributed by atoms with E-state index in [1.54, 1.807) is 0 Å². The Balaban J connectivity index is 4.36. The second-order valence-electron chi connectivity index (χ2n) is 3.91. The number of carbonyl (C=O) groups is 1. The van der Waals surface area contributed by atoms with Crippen LogP contribution in [0, 0.1) is 0 Å². The van der Waals surface area contributed by atoms with Crippen molar-refractivity contribution in [3.05, 3.63) is 12.7 Å². The molecule has 0 heterocycles. The van der Waals surface area contributed by atoms with Crippen molar-refractivity contribution in [1.82, 2.24) is 5.32 Å². The molecule has 0 aromatic heterocycles. The largest absolute Gasteiger partial charge is 0.307 e. The van der Waals surface area contributed by atoms with E-state index >= 15 is 0 Å². The first kappa shape index (κ1) is 13.2. The van der Waals surface area contributed by atoms with E-state index in [0.29, 0.717) is 0 Å². The quantitative estimate of drug-likeness (QED) is 0.392. The molecule has 0 saturated carbocycles. The number of hydrogen-bond acceptors (Lipinski definition) is 1. The number of hydrogen-bond donors (Lipinski definition) is 1. The average molecular weight is 199 g/mol. The van der Waals surface area contributed by atoms with Crippen molar-refractivity contribution in [1.29, 1.82) is 0 Å². The maximum Gasteiger partial charge on any atom is 0.247 e. The molecule has 0 aliphatic rings. The van der Waals surface area contributed by atoms with E-state index in [9.17, 15) is 4.79 Å². The molecule has 1 N–H and O–H groups in total. The molecule has 0 fully saturated rings. The molecular formula is C11H23N2O+. The molecule has 0 spiro atoms. The molecule has 0 aromatic carbocycles. The molecule has 0 aromatic rings. The number of quaternary nitrogens is 1. The highest BCUT2D eigenvalue weighted by atomic mass is 16.1. The highest BCUT2D eigenvalue weighted by Gasteiger charge is 2.26. The third-order valence-electron chi connectivity index (χ3n) is 2.93. The van der Waals surface area contributed by atoms with Gasteiger partial charge in [-0.15, -0.1) is 0 Å². The van der Waals surface area contributed by atoms with Crippen LogP contribution in [-0.4, -0.2) is 36.7 Å². The zero-order valence-electron chi connectivity index (χ0n) is 9.84. The van der Waals surface area contributed by atoms with Crippen LogP contribution in [0.2, 0.25) is 0 Å². The van der Waals surface area contributed by atoms with Crippen LogP contribution in [0.15, 0.2) is 12.7 Å². The van der Waals surface area contributed by atoms with Crippen LogP contribution in [-0.2, 0) is 4.79 Å². The molecule has 1 amide bonds. The monoisotopic (exact) mass is 199 g/mol. The van der Waals surface area contributed by atoms with Gasteiger partial charge in [-0.05, 0) is 19.4 Å². The molecule has 3 nitrogen and oxygen atoms in total. The van der Waals surface area contributed by atoms with Crippen molar-refractivity contribution >= 4 is 5.91 Å². The van der Waals surface area contributed by atoms with Crippen LogP contribution < -0.4 is 5.32 Å². The van der Waals surface area contributed by atoms with Gasteiger partial charge in [-0.25, -0.2) is 0 Å². The van der Waals surface area contributed by atoms with Gasteiger partial charge in [0.2, 0.25) is 5.91 Å². The van der Waals surface area contributed by atoms with Crippen LogP contribution in [0.4, 0.5) is 0 Å². The number of carbonyl (C=O) groups excluding carboxylic acids is 1. The van der Waals surface area contributed by atoms with Gasteiger partial charge in [-0.2, -0.15) is 0 Å². The fourth-order valence-electron chi connectivity index (χ4n) is 1.56. The summed E-state index contributed by atoms with van der Waals surface area (Å²) in [6.45, 7) is 11.9. The lowest BCUT2D eigenvalue weighted by atomic mass is 10.3. The van der Waals surface area contributed by atoms with E-state index in [0.717, 1.165) is 24.0 Å². The summed E-state index contributed by atoms with van der Waals surface area (Å²) < 4.78 is 0.871. The van der Waals surface area contributed by atoms with Gasteiger partial charge in [0.05, 0.1) is 20.1 Å². The minimum Gasteiger partial charge on any atom is -0.307 e. The number of nitrogens with zero attached hydrogens (tertiary/aromatic N) is 1. The Labute approximate surface area is 87.4 Å². The van der Waals surface area contributed by atoms with Gasteiger partial charge in [0.25, 0.3) is 0 Å². The van der Waals surface area contributed by atoms with Crippen molar-refractivity contribution in [3.63, 3.8) is 0 Å². The first-order valence-corrected chi connectivity index (χ1v) is 5.27. The number of nitrogens with one attached hydrogen (secondary N) is 1. The summed E-state index contributed by atoms with van der Waals surface area (Å²) in [6.07, 6.45) is 2.59. The topological polar surface area (TPSA) is 29.1 Å². The van der Waals surface area contributed by atoms with E-state index in [4.69, 9.17) is 0 Å². The molecule has 2 unspecified atom stereocenters. The predicted octanol–water partition coefficient (Wildman–Crippen LogP) is 1.51. The summed E-state index contributed by atoms with van der Waals surface area (Å²) in [5, 5.41) is 2.92. The van der Waals surface area contributed by atoms with Crippen LogP contribution in [0.25, 0.3) is 0 Å². The molecule has 3 heteroatoms. The van der Waals surface area contributed by atoms with Gasteiger partial charge in [0.15, 0.2) is 6.17 Å². The lowest BCUT2D eigenvalue weighted by Gasteiger charge is -2.39. The Hall–Kier alpha value is -0.830. The normalized spacial score (nSPS) is 16.9. The molecule has 0 aliphatic heterocycles. The second-order valence-corrected chi connectivity index (χ2v) is 3.91. The summed E-state index contributed by atoms with van der Waals surface area (Å²) in [7, 11) is 2.16. The Morgan fingerprint density at radius 3 is 2.50 bits per heavy atom. The zero-order valence-corrected chi connectivity index (χ0v) is 9.84. The average Bonchev–Trinajstić information content (AvgIpc) is 2.17. The molecule has 2 atom stereocenters. The molecule has 0 saturated heterocycles. The smallest absolute Gasteiger partial charge is 0.247 e. The summed E-state index contributed by atoms with van der Waals surface area (Å²) in [5.74, 6) is -0.0913. The van der Waals surface area contributed by atoms with Gasteiger partial charge in [-0.1, -0.05) is 13.5 Å². The van der Waals surface area contributed by atoms with Crippen molar-refractivity contribution in [2.75, 3.05) is 20.1 Å². The SMILES string of the molecule is C=CC(=O)NC(C)[N+](C)(CC)CCC. The van der Waals surface area contributed by atoms with Crippen LogP contribution in [0.1, 0.15) is 27.2 Å². The number of amides is 1. The first-order chi connectivity index (χ1) is 6.50. The van der Waals surface area contributed by atoms with Gasteiger partial charge < -0.3 is 9.80 Å². The lowest BCUT2D eigenvalue weighted by Crippen LogP contribution is -2.58. The fraction of sp³-hybridized carbons (Fsp3) is 0.727. The summed E-state index contributed by atoms with van der Waals surface area (Å²) >= 11 is 0. The highest BCUT2D eigenvalue weighted by Crippen LogP contribution is 2.08. The number of rotatable bonds is 6. The summed E-state index contributed by atoms with van der Waals surface area (Å²) in [5.41, 5.74) is 0. The minimum atomic E-state index is -0.0913. The van der Waals surface area contributed by atoms with Gasteiger partial charge in [0, 0.05) is 6.92 Å². The third kappa shape index (κ3) is 3.50. The van der Waals surface area contributed by atoms with Crippen molar-refractivity contribution < 1.29 is 9.28 Å². The van der Waals surface area contributed by atoms with Crippen LogP contribution >= 0.6 is 0 Å². The fourth-order valence-corrected chi connectivity index (χ4v) is 1.56. The molecule has 0 bridgehead atoms. The van der Waals surface area contributed by atoms with E-state index < -0.39 is 0 Å². The third-order valence-corrected chi connectivity index (χ3v) is 2.93. The van der Waals surface area contributed by atoms with Crippen molar-refractivity contribution in [2.45, 2.75) is 33.4 Å². The maximum absolute atomic E-state index is 11.1. The zero-order chi connectivity index (χ0) is 11.2. The lowest BCUT2D eigenvalue weighted by molar-refractivity contribution is -0.932. The van der Waals surface area contributed by atoms with Gasteiger partial charge in [-0.3, -0.25) is 4.79 Å². The summed E-state index contributed by atoms with van der Waals surface area (Å²) in [4.78, 5) is 11.1. The van der Waals surface area contributed by atoms with Crippen LogP contribution in [0.3, 0.4) is 0 Å². The molecule has 0 rings (SSSR count). The Morgan fingerprint density at radius 1 is 1.57 bits per heavy atom. The predicted molar refractivity (Wildman–Crippen MR) is 59.7 cm³/mol. The molecular weight excluding hydrogens is 176 g/mol. The Bertz CT molecular complexity index is 203. The molecule has 0 radical (unpaired) electrons. The standard InChI is InChI=1S/C11H22N2O/c1-6-9-13(5,8-3)10(4)12-11(14)7-2/h7,10H,2,6,8-9H2,1,3-5H3/p+1. The highest BCUT2D eigenvalue weighted by molar-refractivity contribution is 5.86. The van der Waals surface area contributed by atoms with E-state index in [2.05, 4.69) is 32.8 Å². The summed E-state index contributed by atoms with van der Waals surface area (Å²) in [6, 6.07) is 0. The second kappa shape index (κ2) is 5.81.